The van der Waals surface area contributed by atoms with Gasteiger partial charge in [0.25, 0.3) is 0 Å². The molecule has 0 unspecified atom stereocenters. The third kappa shape index (κ3) is 4.60. The van der Waals surface area contributed by atoms with Crippen LogP contribution in [0.15, 0.2) is 47.5 Å². The fourth-order valence-corrected chi connectivity index (χ4v) is 3.85. The van der Waals surface area contributed by atoms with Crippen LogP contribution >= 0.6 is 11.8 Å². The van der Waals surface area contributed by atoms with E-state index in [0.717, 1.165) is 5.56 Å². The van der Waals surface area contributed by atoms with Crippen LogP contribution in [0.25, 0.3) is 0 Å². The third-order valence-corrected chi connectivity index (χ3v) is 5.28. The average molecular weight is 388 g/mol. The second-order valence-corrected chi connectivity index (χ2v) is 6.90. The monoisotopic (exact) mass is 388 g/mol. The van der Waals surface area contributed by atoms with Crippen LogP contribution in [0, 0.1) is 5.82 Å². The Bertz CT molecular complexity index is 857. The number of thioether (sulfide) groups is 1. The Morgan fingerprint density at radius 3 is 2.70 bits per heavy atom. The van der Waals surface area contributed by atoms with E-state index < -0.39 is 0 Å². The number of carbonyl (C=O) groups is 1. The largest absolute Gasteiger partial charge is 0.493 e. The molecule has 0 fully saturated rings. The first kappa shape index (κ1) is 19.2. The summed E-state index contributed by atoms with van der Waals surface area (Å²) in [7, 11) is 3.14. The summed E-state index contributed by atoms with van der Waals surface area (Å²) in [6, 6.07) is 12.1. The summed E-state index contributed by atoms with van der Waals surface area (Å²) in [5.74, 6) is 1.36. The summed E-state index contributed by atoms with van der Waals surface area (Å²) in [6.45, 7) is 1.11. The molecule has 3 rings (SSSR count). The maximum atomic E-state index is 13.8. The molecule has 0 saturated heterocycles. The molecule has 0 spiro atoms. The molecule has 2 aromatic carbocycles. The predicted octanol–water partition coefficient (Wildman–Crippen LogP) is 3.52. The zero-order valence-corrected chi connectivity index (χ0v) is 16.1. The van der Waals surface area contributed by atoms with E-state index >= 15 is 0 Å². The number of nitrogens with zero attached hydrogens (tertiary/aromatic N) is 2. The number of methoxy groups -OCH3 is 2. The van der Waals surface area contributed by atoms with Crippen molar-refractivity contribution in [1.29, 1.82) is 0 Å². The van der Waals surface area contributed by atoms with Gasteiger partial charge >= 0.3 is 0 Å². The summed E-state index contributed by atoms with van der Waals surface area (Å²) < 4.78 is 24.3. The zero-order chi connectivity index (χ0) is 19.2. The smallest absolute Gasteiger partial charge is 0.233 e. The number of amides is 1. The van der Waals surface area contributed by atoms with Gasteiger partial charge in [0, 0.05) is 12.3 Å². The highest BCUT2D eigenvalue weighted by molar-refractivity contribution is 8.13. The molecule has 0 saturated carbocycles. The van der Waals surface area contributed by atoms with Gasteiger partial charge in [-0.2, -0.15) is 0 Å². The van der Waals surface area contributed by atoms with E-state index in [1.165, 1.54) is 17.8 Å². The molecule has 0 bridgehead atoms. The fourth-order valence-electron chi connectivity index (χ4n) is 2.80. The molecule has 27 heavy (non-hydrogen) atoms. The lowest BCUT2D eigenvalue weighted by Gasteiger charge is -2.18. The van der Waals surface area contributed by atoms with Gasteiger partial charge in [0.05, 0.1) is 27.2 Å². The minimum atomic E-state index is -0.244. The molecular formula is C20H21FN2O3S. The molecule has 1 aliphatic heterocycles. The molecule has 1 amide bonds. The molecule has 0 N–H and O–H groups in total. The lowest BCUT2D eigenvalue weighted by atomic mass is 10.1. The second-order valence-electron chi connectivity index (χ2n) is 5.96. The van der Waals surface area contributed by atoms with Gasteiger partial charge in [-0.3, -0.25) is 14.7 Å². The van der Waals surface area contributed by atoms with E-state index in [1.54, 1.807) is 49.5 Å². The lowest BCUT2D eigenvalue weighted by molar-refractivity contribution is -0.126. The number of rotatable bonds is 6. The molecule has 1 heterocycles. The van der Waals surface area contributed by atoms with Crippen molar-refractivity contribution in [3.63, 3.8) is 0 Å². The van der Waals surface area contributed by atoms with Crippen LogP contribution in [-0.4, -0.2) is 43.3 Å². The molecule has 0 atom stereocenters. The van der Waals surface area contributed by atoms with Gasteiger partial charge in [0.1, 0.15) is 5.82 Å². The number of aliphatic imine (C=N–C) groups is 1. The van der Waals surface area contributed by atoms with Crippen molar-refractivity contribution < 1.29 is 18.7 Å². The van der Waals surface area contributed by atoms with Gasteiger partial charge in [0.15, 0.2) is 16.7 Å². The quantitative estimate of drug-likeness (QED) is 0.760. The molecular weight excluding hydrogens is 367 g/mol. The molecule has 0 radical (unpaired) electrons. The summed E-state index contributed by atoms with van der Waals surface area (Å²) in [5, 5.41) is 0.642. The Balaban J connectivity index is 1.64. The van der Waals surface area contributed by atoms with Crippen molar-refractivity contribution in [2.24, 2.45) is 4.99 Å². The van der Waals surface area contributed by atoms with Crippen LogP contribution in [0.3, 0.4) is 0 Å². The summed E-state index contributed by atoms with van der Waals surface area (Å²) in [4.78, 5) is 18.8. The van der Waals surface area contributed by atoms with Crippen molar-refractivity contribution >= 4 is 22.8 Å². The van der Waals surface area contributed by atoms with Gasteiger partial charge in [-0.15, -0.1) is 0 Å². The SMILES string of the molecule is COc1ccc(CC(=O)N2CCN=C2SCc2ccccc2F)cc1OC. The number of halogens is 1. The number of amidine groups is 1. The van der Waals surface area contributed by atoms with E-state index in [2.05, 4.69) is 4.99 Å². The highest BCUT2D eigenvalue weighted by Gasteiger charge is 2.24. The normalized spacial score (nSPS) is 13.4. The van der Waals surface area contributed by atoms with E-state index in [-0.39, 0.29) is 18.1 Å². The average Bonchev–Trinajstić information content (AvgIpc) is 3.16. The third-order valence-electron chi connectivity index (χ3n) is 4.22. The van der Waals surface area contributed by atoms with Gasteiger partial charge in [0.2, 0.25) is 5.91 Å². The predicted molar refractivity (Wildman–Crippen MR) is 105 cm³/mol. The van der Waals surface area contributed by atoms with Gasteiger partial charge in [-0.25, -0.2) is 4.39 Å². The van der Waals surface area contributed by atoms with Gasteiger partial charge in [-0.05, 0) is 29.3 Å². The maximum absolute atomic E-state index is 13.8. The van der Waals surface area contributed by atoms with E-state index in [9.17, 15) is 9.18 Å². The molecule has 5 nitrogen and oxygen atoms in total. The van der Waals surface area contributed by atoms with Gasteiger partial charge < -0.3 is 9.47 Å². The van der Waals surface area contributed by atoms with Crippen LogP contribution in [-0.2, 0) is 17.0 Å². The Morgan fingerprint density at radius 1 is 1.19 bits per heavy atom. The van der Waals surface area contributed by atoms with Crippen molar-refractivity contribution in [2.45, 2.75) is 12.2 Å². The Morgan fingerprint density at radius 2 is 1.96 bits per heavy atom. The summed E-state index contributed by atoms with van der Waals surface area (Å²) >= 11 is 1.38. The molecule has 0 aromatic heterocycles. The summed E-state index contributed by atoms with van der Waals surface area (Å²) in [6.07, 6.45) is 0.236. The molecule has 0 aliphatic carbocycles. The van der Waals surface area contributed by atoms with Crippen LogP contribution in [0.2, 0.25) is 0 Å². The number of ether oxygens (including phenoxy) is 2. The van der Waals surface area contributed by atoms with Crippen molar-refractivity contribution in [3.05, 3.63) is 59.4 Å². The number of carbonyl (C=O) groups excluding carboxylic acids is 1. The topological polar surface area (TPSA) is 51.1 Å². The fraction of sp³-hybridized carbons (Fsp3) is 0.300. The van der Waals surface area contributed by atoms with E-state index in [0.29, 0.717) is 41.1 Å². The van der Waals surface area contributed by atoms with Crippen LogP contribution in [0.5, 0.6) is 11.5 Å². The number of hydrogen-bond acceptors (Lipinski definition) is 5. The molecule has 2 aromatic rings. The first-order valence-electron chi connectivity index (χ1n) is 8.54. The number of benzene rings is 2. The van der Waals surface area contributed by atoms with Crippen LogP contribution < -0.4 is 9.47 Å². The van der Waals surface area contributed by atoms with Gasteiger partial charge in [-0.1, -0.05) is 36.0 Å². The molecule has 7 heteroatoms. The minimum absolute atomic E-state index is 0.0421. The van der Waals surface area contributed by atoms with Crippen molar-refractivity contribution in [3.8, 4) is 11.5 Å². The molecule has 1 aliphatic rings. The standard InChI is InChI=1S/C20H21FN2O3S/c1-25-17-8-7-14(11-18(17)26-2)12-19(24)23-10-9-22-20(23)27-13-15-5-3-4-6-16(15)21/h3-8,11H,9-10,12-13H2,1-2H3. The maximum Gasteiger partial charge on any atom is 0.233 e. The first-order chi connectivity index (χ1) is 13.1. The molecule has 142 valence electrons. The highest BCUT2D eigenvalue weighted by atomic mass is 32.2. The zero-order valence-electron chi connectivity index (χ0n) is 15.3. The Hall–Kier alpha value is -2.54. The van der Waals surface area contributed by atoms with Crippen molar-refractivity contribution in [1.82, 2.24) is 4.90 Å². The second kappa shape index (κ2) is 8.90. The van der Waals surface area contributed by atoms with Crippen molar-refractivity contribution in [2.75, 3.05) is 27.3 Å². The van der Waals surface area contributed by atoms with E-state index in [1.807, 2.05) is 6.07 Å². The first-order valence-corrected chi connectivity index (χ1v) is 9.53. The minimum Gasteiger partial charge on any atom is -0.493 e. The number of hydrogen-bond donors (Lipinski definition) is 0. The summed E-state index contributed by atoms with van der Waals surface area (Å²) in [5.41, 5.74) is 1.44. The Kier molecular flexibility index (Phi) is 6.34. The lowest BCUT2D eigenvalue weighted by Crippen LogP contribution is -2.34. The highest BCUT2D eigenvalue weighted by Crippen LogP contribution is 2.28. The van der Waals surface area contributed by atoms with E-state index in [4.69, 9.17) is 9.47 Å². The van der Waals surface area contributed by atoms with Crippen LogP contribution in [0.1, 0.15) is 11.1 Å². The van der Waals surface area contributed by atoms with Crippen LogP contribution in [0.4, 0.5) is 4.39 Å². The Labute approximate surface area is 162 Å².